The summed E-state index contributed by atoms with van der Waals surface area (Å²) in [6.45, 7) is 1.97. The third kappa shape index (κ3) is 5.21. The van der Waals surface area contributed by atoms with E-state index in [1.807, 2.05) is 30.3 Å². The third-order valence-corrected chi connectivity index (χ3v) is 4.01. The molecule has 0 saturated heterocycles. The molecule has 4 heteroatoms. The molecular formula is C17H23NO3. The lowest BCUT2D eigenvalue weighted by molar-refractivity contribution is -0.148. The first-order valence-corrected chi connectivity index (χ1v) is 7.64. The van der Waals surface area contributed by atoms with Gasteiger partial charge >= 0.3 is 5.97 Å². The van der Waals surface area contributed by atoms with Gasteiger partial charge in [-0.15, -0.1) is 0 Å². The van der Waals surface area contributed by atoms with Gasteiger partial charge in [0.1, 0.15) is 0 Å². The minimum atomic E-state index is -0.368. The molecule has 4 nitrogen and oxygen atoms in total. The van der Waals surface area contributed by atoms with Crippen LogP contribution >= 0.6 is 0 Å². The van der Waals surface area contributed by atoms with Crippen LogP contribution in [-0.2, 0) is 20.7 Å². The largest absolute Gasteiger partial charge is 0.455 e. The molecule has 1 aromatic rings. The van der Waals surface area contributed by atoms with E-state index in [4.69, 9.17) is 4.74 Å². The average molecular weight is 289 g/mol. The van der Waals surface area contributed by atoms with Crippen molar-refractivity contribution in [2.24, 2.45) is 5.92 Å². The van der Waals surface area contributed by atoms with Gasteiger partial charge in [0.15, 0.2) is 6.61 Å². The molecule has 0 aliphatic heterocycles. The summed E-state index contributed by atoms with van der Waals surface area (Å²) < 4.78 is 5.03. The van der Waals surface area contributed by atoms with Crippen LogP contribution in [0.1, 0.15) is 38.2 Å². The van der Waals surface area contributed by atoms with Gasteiger partial charge in [0.25, 0.3) is 5.91 Å². The molecule has 0 heterocycles. The topological polar surface area (TPSA) is 55.4 Å². The van der Waals surface area contributed by atoms with Crippen molar-refractivity contribution in [1.82, 2.24) is 5.32 Å². The van der Waals surface area contributed by atoms with Gasteiger partial charge in [0, 0.05) is 6.04 Å². The zero-order chi connectivity index (χ0) is 15.1. The van der Waals surface area contributed by atoms with Crippen LogP contribution in [0.4, 0.5) is 0 Å². The summed E-state index contributed by atoms with van der Waals surface area (Å²) >= 11 is 0. The molecule has 1 aliphatic carbocycles. The lowest BCUT2D eigenvalue weighted by Crippen LogP contribution is -2.42. The highest BCUT2D eigenvalue weighted by Gasteiger charge is 2.23. The average Bonchev–Trinajstić information content (AvgIpc) is 2.49. The molecular weight excluding hydrogens is 266 g/mol. The molecule has 2 rings (SSSR count). The number of ether oxygens (including phenoxy) is 1. The van der Waals surface area contributed by atoms with Crippen molar-refractivity contribution >= 4 is 11.9 Å². The minimum Gasteiger partial charge on any atom is -0.455 e. The number of esters is 1. The highest BCUT2D eigenvalue weighted by Crippen LogP contribution is 2.23. The van der Waals surface area contributed by atoms with Crippen molar-refractivity contribution in [1.29, 1.82) is 0 Å². The Morgan fingerprint density at radius 2 is 1.90 bits per heavy atom. The summed E-state index contributed by atoms with van der Waals surface area (Å²) in [7, 11) is 0. The Labute approximate surface area is 125 Å². The van der Waals surface area contributed by atoms with Crippen LogP contribution < -0.4 is 5.32 Å². The fraction of sp³-hybridized carbons (Fsp3) is 0.529. The Kier molecular flexibility index (Phi) is 5.78. The Hall–Kier alpha value is -1.84. The van der Waals surface area contributed by atoms with Gasteiger partial charge in [-0.2, -0.15) is 0 Å². The first-order valence-electron chi connectivity index (χ1n) is 7.64. The maximum atomic E-state index is 11.8. The zero-order valence-corrected chi connectivity index (χ0v) is 12.5. The monoisotopic (exact) mass is 289 g/mol. The molecule has 1 aromatic carbocycles. The summed E-state index contributed by atoms with van der Waals surface area (Å²) in [5, 5.41) is 2.97. The molecule has 21 heavy (non-hydrogen) atoms. The molecule has 0 unspecified atom stereocenters. The van der Waals surface area contributed by atoms with Crippen LogP contribution in [0.15, 0.2) is 30.3 Å². The third-order valence-electron chi connectivity index (χ3n) is 4.01. The van der Waals surface area contributed by atoms with Gasteiger partial charge in [0.2, 0.25) is 0 Å². The van der Waals surface area contributed by atoms with Gasteiger partial charge in [-0.3, -0.25) is 9.59 Å². The molecule has 1 fully saturated rings. The van der Waals surface area contributed by atoms with E-state index in [1.165, 1.54) is 6.42 Å². The summed E-state index contributed by atoms with van der Waals surface area (Å²) in [5.41, 5.74) is 0.892. The van der Waals surface area contributed by atoms with Gasteiger partial charge in [-0.25, -0.2) is 0 Å². The van der Waals surface area contributed by atoms with Gasteiger partial charge in [-0.05, 0) is 24.3 Å². The number of nitrogens with one attached hydrogen (secondary N) is 1. The summed E-state index contributed by atoms with van der Waals surface area (Å²) in [5.74, 6) is -0.0640. The van der Waals surface area contributed by atoms with Crippen LogP contribution in [0.3, 0.4) is 0 Å². The summed E-state index contributed by atoms with van der Waals surface area (Å²) in [6, 6.07) is 9.60. The van der Waals surface area contributed by atoms with Crippen molar-refractivity contribution in [3.8, 4) is 0 Å². The highest BCUT2D eigenvalue weighted by molar-refractivity contribution is 5.81. The van der Waals surface area contributed by atoms with Crippen LogP contribution in [0, 0.1) is 5.92 Å². The Morgan fingerprint density at radius 1 is 1.19 bits per heavy atom. The molecule has 1 aliphatic rings. The number of carbonyl (C=O) groups excluding carboxylic acids is 2. The number of hydrogen-bond acceptors (Lipinski definition) is 3. The Morgan fingerprint density at radius 3 is 2.62 bits per heavy atom. The van der Waals surface area contributed by atoms with Crippen molar-refractivity contribution in [2.45, 2.75) is 45.1 Å². The lowest BCUT2D eigenvalue weighted by Gasteiger charge is -2.29. The standard InChI is InChI=1S/C17H23NO3/c1-13-7-5-6-10-15(13)18-16(19)12-21-17(20)11-14-8-3-2-4-9-14/h2-4,8-9,13,15H,5-7,10-12H2,1H3,(H,18,19)/t13-,15+/m0/s1. The van der Waals surface area contributed by atoms with Crippen LogP contribution in [-0.4, -0.2) is 24.5 Å². The molecule has 1 amide bonds. The first-order chi connectivity index (χ1) is 10.1. The number of benzene rings is 1. The van der Waals surface area contributed by atoms with E-state index >= 15 is 0 Å². The number of carbonyl (C=O) groups is 2. The minimum absolute atomic E-state index is 0.186. The molecule has 1 saturated carbocycles. The second-order valence-corrected chi connectivity index (χ2v) is 5.76. The van der Waals surface area contributed by atoms with E-state index < -0.39 is 0 Å². The molecule has 0 spiro atoms. The molecule has 0 aromatic heterocycles. The van der Waals surface area contributed by atoms with Gasteiger partial charge in [-0.1, -0.05) is 50.1 Å². The molecule has 0 radical (unpaired) electrons. The SMILES string of the molecule is C[C@H]1CCCC[C@H]1NC(=O)COC(=O)Cc1ccccc1. The van der Waals surface area contributed by atoms with Gasteiger partial charge < -0.3 is 10.1 Å². The van der Waals surface area contributed by atoms with Crippen molar-refractivity contribution in [2.75, 3.05) is 6.61 Å². The lowest BCUT2D eigenvalue weighted by atomic mass is 9.86. The number of rotatable bonds is 5. The fourth-order valence-corrected chi connectivity index (χ4v) is 2.74. The van der Waals surface area contributed by atoms with Crippen molar-refractivity contribution in [3.05, 3.63) is 35.9 Å². The maximum absolute atomic E-state index is 11.8. The predicted octanol–water partition coefficient (Wildman–Crippen LogP) is 2.47. The maximum Gasteiger partial charge on any atom is 0.310 e. The molecule has 0 bridgehead atoms. The first kappa shape index (κ1) is 15.5. The van der Waals surface area contributed by atoms with Crippen LogP contribution in [0.25, 0.3) is 0 Å². The van der Waals surface area contributed by atoms with E-state index in [1.54, 1.807) is 0 Å². The van der Waals surface area contributed by atoms with E-state index in [-0.39, 0.29) is 30.9 Å². The smallest absolute Gasteiger partial charge is 0.310 e. The second kappa shape index (κ2) is 7.81. The molecule has 1 N–H and O–H groups in total. The van der Waals surface area contributed by atoms with Crippen molar-refractivity contribution < 1.29 is 14.3 Å². The van der Waals surface area contributed by atoms with E-state index in [0.29, 0.717) is 5.92 Å². The second-order valence-electron chi connectivity index (χ2n) is 5.76. The van der Waals surface area contributed by atoms with Crippen LogP contribution in [0.5, 0.6) is 0 Å². The van der Waals surface area contributed by atoms with Gasteiger partial charge in [0.05, 0.1) is 6.42 Å². The Balaban J connectivity index is 1.69. The fourth-order valence-electron chi connectivity index (χ4n) is 2.74. The number of hydrogen-bond donors (Lipinski definition) is 1. The van der Waals surface area contributed by atoms with Crippen molar-refractivity contribution in [3.63, 3.8) is 0 Å². The quantitative estimate of drug-likeness (QED) is 0.847. The molecule has 114 valence electrons. The zero-order valence-electron chi connectivity index (χ0n) is 12.5. The summed E-state index contributed by atoms with van der Waals surface area (Å²) in [6.07, 6.45) is 4.76. The normalized spacial score (nSPS) is 21.6. The summed E-state index contributed by atoms with van der Waals surface area (Å²) in [4.78, 5) is 23.5. The van der Waals surface area contributed by atoms with Crippen LogP contribution in [0.2, 0.25) is 0 Å². The number of amides is 1. The van der Waals surface area contributed by atoms with E-state index in [0.717, 1.165) is 24.8 Å². The van der Waals surface area contributed by atoms with E-state index in [9.17, 15) is 9.59 Å². The Bertz CT molecular complexity index is 472. The molecule has 2 atom stereocenters. The van der Waals surface area contributed by atoms with E-state index in [2.05, 4.69) is 12.2 Å². The predicted molar refractivity (Wildman–Crippen MR) is 80.7 cm³/mol. The highest BCUT2D eigenvalue weighted by atomic mass is 16.5.